The quantitative estimate of drug-likeness (QED) is 0.298. The van der Waals surface area contributed by atoms with Gasteiger partial charge in [-0.3, -0.25) is 4.79 Å². The summed E-state index contributed by atoms with van der Waals surface area (Å²) in [6.45, 7) is 4.39. The monoisotopic (exact) mass is 326 g/mol. The number of nitrogens with two attached hydrogens (primary N) is 2. The summed E-state index contributed by atoms with van der Waals surface area (Å²) in [4.78, 5) is 11.9. The molecular weight excluding hydrogens is 304 g/mol. The fourth-order valence-corrected chi connectivity index (χ4v) is 1.96. The molecule has 0 bridgehead atoms. The van der Waals surface area contributed by atoms with Gasteiger partial charge in [0.2, 0.25) is 6.29 Å². The number of carbonyl (C=O) groups is 1. The maximum Gasteiger partial charge on any atom is 0.325 e. The third-order valence-corrected chi connectivity index (χ3v) is 3.43. The lowest BCUT2D eigenvalue weighted by atomic mass is 10.1. The van der Waals surface area contributed by atoms with Crippen LogP contribution in [0, 0.1) is 0 Å². The largest absolute Gasteiger partial charge is 0.431 e. The van der Waals surface area contributed by atoms with Crippen LogP contribution < -0.4 is 11.5 Å². The van der Waals surface area contributed by atoms with Crippen LogP contribution in [0.1, 0.15) is 24.8 Å². The van der Waals surface area contributed by atoms with E-state index in [2.05, 4.69) is 6.58 Å². The smallest absolute Gasteiger partial charge is 0.325 e. The molecule has 122 valence electrons. The average Bonchev–Trinajstić information content (AvgIpc) is 2.52. The minimum Gasteiger partial charge on any atom is -0.431 e. The molecule has 5 nitrogen and oxygen atoms in total. The van der Waals surface area contributed by atoms with Gasteiger partial charge in [0.25, 0.3) is 0 Å². The van der Waals surface area contributed by atoms with Gasteiger partial charge in [-0.1, -0.05) is 42.8 Å². The second-order valence-corrected chi connectivity index (χ2v) is 5.24. The number of rotatable bonds is 10. The summed E-state index contributed by atoms with van der Waals surface area (Å²) in [6, 6.07) is 6.60. The Hall–Kier alpha value is -1.40. The van der Waals surface area contributed by atoms with Crippen molar-refractivity contribution < 1.29 is 14.3 Å². The molecule has 1 rings (SSSR count). The first-order valence-electron chi connectivity index (χ1n) is 7.22. The van der Waals surface area contributed by atoms with E-state index in [4.69, 9.17) is 32.5 Å². The Labute approximate surface area is 136 Å². The Kier molecular flexibility index (Phi) is 8.77. The molecule has 6 heteroatoms. The van der Waals surface area contributed by atoms with Gasteiger partial charge >= 0.3 is 5.97 Å². The highest BCUT2D eigenvalue weighted by atomic mass is 35.5. The van der Waals surface area contributed by atoms with Crippen molar-refractivity contribution in [3.05, 3.63) is 47.5 Å². The summed E-state index contributed by atoms with van der Waals surface area (Å²) in [5, 5.41) is 0.593. The predicted molar refractivity (Wildman–Crippen MR) is 87.2 cm³/mol. The minimum absolute atomic E-state index is 0.214. The van der Waals surface area contributed by atoms with E-state index in [0.29, 0.717) is 18.0 Å². The molecular formula is C16H23ClN2O3. The molecule has 1 aromatic carbocycles. The molecule has 1 aromatic rings. The van der Waals surface area contributed by atoms with Crippen molar-refractivity contribution >= 4 is 17.6 Å². The Morgan fingerprint density at radius 3 is 2.73 bits per heavy atom. The minimum atomic E-state index is -0.857. The molecule has 4 N–H and O–H groups in total. The summed E-state index contributed by atoms with van der Waals surface area (Å²) in [6.07, 6.45) is 2.69. The van der Waals surface area contributed by atoms with E-state index in [1.165, 1.54) is 6.08 Å². The molecule has 0 radical (unpaired) electrons. The number of benzene rings is 1. The van der Waals surface area contributed by atoms with Gasteiger partial charge in [0.15, 0.2) is 0 Å². The van der Waals surface area contributed by atoms with Crippen molar-refractivity contribution in [2.24, 2.45) is 11.5 Å². The molecule has 0 heterocycles. The lowest BCUT2D eigenvalue weighted by Gasteiger charge is -2.18. The SMILES string of the molecule is C=CC(OCc1ccccc1Cl)OC(=O)[C@@H](N)CCCCN. The van der Waals surface area contributed by atoms with Gasteiger partial charge in [0, 0.05) is 5.02 Å². The number of hydrogen-bond acceptors (Lipinski definition) is 5. The van der Waals surface area contributed by atoms with E-state index in [0.717, 1.165) is 18.4 Å². The molecule has 22 heavy (non-hydrogen) atoms. The highest BCUT2D eigenvalue weighted by Crippen LogP contribution is 2.17. The van der Waals surface area contributed by atoms with E-state index >= 15 is 0 Å². The van der Waals surface area contributed by atoms with Crippen LogP contribution in [-0.2, 0) is 20.9 Å². The van der Waals surface area contributed by atoms with Crippen LogP contribution in [0.3, 0.4) is 0 Å². The lowest BCUT2D eigenvalue weighted by Crippen LogP contribution is -2.35. The number of carbonyl (C=O) groups excluding carboxylic acids is 1. The maximum absolute atomic E-state index is 11.9. The van der Waals surface area contributed by atoms with E-state index in [1.54, 1.807) is 6.07 Å². The van der Waals surface area contributed by atoms with Gasteiger partial charge in [-0.15, -0.1) is 0 Å². The van der Waals surface area contributed by atoms with E-state index in [9.17, 15) is 4.79 Å². The van der Waals surface area contributed by atoms with Crippen molar-refractivity contribution in [3.8, 4) is 0 Å². The van der Waals surface area contributed by atoms with Crippen LogP contribution in [0.5, 0.6) is 0 Å². The predicted octanol–water partition coefficient (Wildman–Crippen LogP) is 2.37. The third kappa shape index (κ3) is 6.58. The molecule has 0 spiro atoms. The first-order chi connectivity index (χ1) is 10.6. The molecule has 0 amide bonds. The highest BCUT2D eigenvalue weighted by Gasteiger charge is 2.19. The Morgan fingerprint density at radius 2 is 2.09 bits per heavy atom. The number of esters is 1. The second-order valence-electron chi connectivity index (χ2n) is 4.83. The normalized spacial score (nSPS) is 13.4. The van der Waals surface area contributed by atoms with Crippen molar-refractivity contribution in [2.75, 3.05) is 6.54 Å². The Balaban J connectivity index is 2.42. The van der Waals surface area contributed by atoms with Crippen LogP contribution in [0.15, 0.2) is 36.9 Å². The molecule has 0 aromatic heterocycles. The van der Waals surface area contributed by atoms with Crippen molar-refractivity contribution in [3.63, 3.8) is 0 Å². The standard InChI is InChI=1S/C16H23ClN2O3/c1-2-15(21-11-12-7-3-4-8-13(12)17)22-16(20)14(19)9-5-6-10-18/h2-4,7-8,14-15H,1,5-6,9-11,18-19H2/t14-,15?/m0/s1. The highest BCUT2D eigenvalue weighted by molar-refractivity contribution is 6.31. The van der Waals surface area contributed by atoms with Gasteiger partial charge < -0.3 is 20.9 Å². The zero-order chi connectivity index (χ0) is 16.4. The Morgan fingerprint density at radius 1 is 1.36 bits per heavy atom. The van der Waals surface area contributed by atoms with Gasteiger partial charge in [-0.05, 0) is 37.1 Å². The zero-order valence-corrected chi connectivity index (χ0v) is 13.3. The van der Waals surface area contributed by atoms with E-state index in [1.807, 2.05) is 18.2 Å². The first kappa shape index (κ1) is 18.6. The molecule has 2 atom stereocenters. The van der Waals surface area contributed by atoms with Crippen LogP contribution in [0.4, 0.5) is 0 Å². The van der Waals surface area contributed by atoms with Gasteiger partial charge in [-0.25, -0.2) is 0 Å². The first-order valence-corrected chi connectivity index (χ1v) is 7.60. The average molecular weight is 327 g/mol. The van der Waals surface area contributed by atoms with Crippen LogP contribution >= 0.6 is 11.6 Å². The fraction of sp³-hybridized carbons (Fsp3) is 0.438. The lowest BCUT2D eigenvalue weighted by molar-refractivity contribution is -0.172. The molecule has 1 unspecified atom stereocenters. The second kappa shape index (κ2) is 10.3. The fourth-order valence-electron chi connectivity index (χ4n) is 1.77. The Bertz CT molecular complexity index is 482. The van der Waals surface area contributed by atoms with Gasteiger partial charge in [0.05, 0.1) is 6.61 Å². The molecule has 0 aliphatic rings. The zero-order valence-electron chi connectivity index (χ0n) is 12.5. The number of hydrogen-bond donors (Lipinski definition) is 2. The maximum atomic E-state index is 11.9. The van der Waals surface area contributed by atoms with Gasteiger partial charge in [-0.2, -0.15) is 0 Å². The summed E-state index contributed by atoms with van der Waals surface area (Å²) >= 11 is 6.03. The summed E-state index contributed by atoms with van der Waals surface area (Å²) < 4.78 is 10.7. The molecule has 0 aliphatic heterocycles. The summed E-state index contributed by atoms with van der Waals surface area (Å²) in [5.74, 6) is -0.513. The van der Waals surface area contributed by atoms with Crippen LogP contribution in [0.25, 0.3) is 0 Å². The molecule has 0 fully saturated rings. The third-order valence-electron chi connectivity index (χ3n) is 3.06. The number of unbranched alkanes of at least 4 members (excludes halogenated alkanes) is 1. The van der Waals surface area contributed by atoms with Crippen LogP contribution in [-0.4, -0.2) is 24.8 Å². The summed E-state index contributed by atoms with van der Waals surface area (Å²) in [5.41, 5.74) is 12.0. The van der Waals surface area contributed by atoms with Crippen LogP contribution in [0.2, 0.25) is 5.02 Å². The van der Waals surface area contributed by atoms with Gasteiger partial charge in [0.1, 0.15) is 6.04 Å². The van der Waals surface area contributed by atoms with Crippen molar-refractivity contribution in [1.29, 1.82) is 0 Å². The van der Waals surface area contributed by atoms with E-state index in [-0.39, 0.29) is 6.61 Å². The van der Waals surface area contributed by atoms with Crippen molar-refractivity contribution in [1.82, 2.24) is 0 Å². The van der Waals surface area contributed by atoms with E-state index < -0.39 is 18.3 Å². The van der Waals surface area contributed by atoms with Crippen molar-refractivity contribution in [2.45, 2.75) is 38.2 Å². The number of halogens is 1. The molecule has 0 saturated heterocycles. The topological polar surface area (TPSA) is 87.6 Å². The number of ether oxygens (including phenoxy) is 2. The molecule has 0 saturated carbocycles. The summed E-state index contributed by atoms with van der Waals surface area (Å²) in [7, 11) is 0. The molecule has 0 aliphatic carbocycles.